The molecule has 1 aliphatic rings. The van der Waals surface area contributed by atoms with Crippen LogP contribution in [-0.4, -0.2) is 37.1 Å². The van der Waals surface area contributed by atoms with Gasteiger partial charge in [0.2, 0.25) is 0 Å². The van der Waals surface area contributed by atoms with Crippen molar-refractivity contribution in [2.75, 3.05) is 6.54 Å². The number of aryl methyl sites for hydroxylation is 2. The smallest absolute Gasteiger partial charge is 0.254 e. The summed E-state index contributed by atoms with van der Waals surface area (Å²) >= 11 is 0. The minimum Gasteiger partial charge on any atom is -0.330 e. The third kappa shape index (κ3) is 3.44. The first-order chi connectivity index (χ1) is 15.7. The highest BCUT2D eigenvalue weighted by molar-refractivity contribution is 5.97. The summed E-state index contributed by atoms with van der Waals surface area (Å²) in [6.07, 6.45) is 2.10. The summed E-state index contributed by atoms with van der Waals surface area (Å²) in [6, 6.07) is 6.80. The van der Waals surface area contributed by atoms with Crippen molar-refractivity contribution in [2.45, 2.75) is 26.3 Å². The van der Waals surface area contributed by atoms with Crippen LogP contribution in [0.4, 0.5) is 13.2 Å². The van der Waals surface area contributed by atoms with E-state index in [4.69, 9.17) is 0 Å². The van der Waals surface area contributed by atoms with E-state index < -0.39 is 17.5 Å². The molecule has 0 saturated carbocycles. The van der Waals surface area contributed by atoms with Gasteiger partial charge in [0.25, 0.3) is 5.91 Å². The van der Waals surface area contributed by atoms with Crippen molar-refractivity contribution in [3.8, 4) is 11.3 Å². The molecule has 1 aliphatic heterocycles. The lowest BCUT2D eigenvalue weighted by atomic mass is 9.95. The van der Waals surface area contributed by atoms with E-state index in [1.54, 1.807) is 36.3 Å². The van der Waals surface area contributed by atoms with Gasteiger partial charge < -0.3 is 4.90 Å². The zero-order valence-corrected chi connectivity index (χ0v) is 18.2. The molecule has 33 heavy (non-hydrogen) atoms. The molecule has 1 amide bonds. The fraction of sp³-hybridized carbons (Fsp3) is 0.250. The molecular weight excluding hydrogens is 431 g/mol. The fourth-order valence-electron chi connectivity index (χ4n) is 4.48. The Morgan fingerprint density at radius 1 is 1.09 bits per heavy atom. The number of amides is 1. The zero-order chi connectivity index (χ0) is 23.4. The first-order valence-corrected chi connectivity index (χ1v) is 10.5. The molecule has 0 unspecified atom stereocenters. The topological polar surface area (TPSA) is 63.9 Å². The van der Waals surface area contributed by atoms with Gasteiger partial charge in [0.15, 0.2) is 17.5 Å². The second-order valence-electron chi connectivity index (χ2n) is 8.23. The summed E-state index contributed by atoms with van der Waals surface area (Å²) in [5, 5.41) is 4.54. The molecule has 2 aromatic carbocycles. The highest BCUT2D eigenvalue weighted by Crippen LogP contribution is 2.37. The SMILES string of the molecule is Cc1cnc2cc(C(=O)N3CCc4c(nn(C)c4-c4cc(F)c(F)c(F)c4)[C@@H]3C)ccc2n1. The van der Waals surface area contributed by atoms with E-state index in [9.17, 15) is 18.0 Å². The molecule has 0 spiro atoms. The Kier molecular flexibility index (Phi) is 4.92. The van der Waals surface area contributed by atoms with Crippen LogP contribution in [0.5, 0.6) is 0 Å². The lowest BCUT2D eigenvalue weighted by Crippen LogP contribution is -2.38. The molecule has 0 aliphatic carbocycles. The summed E-state index contributed by atoms with van der Waals surface area (Å²) < 4.78 is 42.7. The third-order valence-corrected chi connectivity index (χ3v) is 6.07. The maximum Gasteiger partial charge on any atom is 0.254 e. The van der Waals surface area contributed by atoms with Crippen molar-refractivity contribution in [3.63, 3.8) is 0 Å². The quantitative estimate of drug-likeness (QED) is 0.421. The maximum absolute atomic E-state index is 13.9. The van der Waals surface area contributed by atoms with E-state index in [0.29, 0.717) is 41.0 Å². The number of carbonyl (C=O) groups is 1. The molecule has 1 atom stereocenters. The van der Waals surface area contributed by atoms with Crippen LogP contribution in [0, 0.1) is 24.4 Å². The van der Waals surface area contributed by atoms with E-state index in [-0.39, 0.29) is 17.5 Å². The lowest BCUT2D eigenvalue weighted by molar-refractivity contribution is 0.0674. The number of halogens is 3. The van der Waals surface area contributed by atoms with Gasteiger partial charge in [-0.1, -0.05) is 0 Å². The van der Waals surface area contributed by atoms with Crippen LogP contribution in [0.2, 0.25) is 0 Å². The van der Waals surface area contributed by atoms with Gasteiger partial charge in [-0.25, -0.2) is 18.2 Å². The molecule has 2 aromatic heterocycles. The number of rotatable bonds is 2. The predicted octanol–water partition coefficient (Wildman–Crippen LogP) is 4.52. The number of aromatic nitrogens is 4. The van der Waals surface area contributed by atoms with Crippen LogP contribution in [0.3, 0.4) is 0 Å². The van der Waals surface area contributed by atoms with Crippen LogP contribution in [-0.2, 0) is 13.5 Å². The first-order valence-electron chi connectivity index (χ1n) is 10.5. The normalized spacial score (nSPS) is 15.7. The molecule has 9 heteroatoms. The van der Waals surface area contributed by atoms with Crippen molar-refractivity contribution in [3.05, 3.63) is 76.5 Å². The average molecular weight is 451 g/mol. The Labute approximate surface area is 187 Å². The van der Waals surface area contributed by atoms with Gasteiger partial charge in [-0.05, 0) is 50.6 Å². The zero-order valence-electron chi connectivity index (χ0n) is 18.2. The molecule has 0 saturated heterocycles. The molecule has 168 valence electrons. The van der Waals surface area contributed by atoms with Gasteiger partial charge in [0.1, 0.15) is 0 Å². The summed E-state index contributed by atoms with van der Waals surface area (Å²) in [4.78, 5) is 23.8. The molecule has 0 fully saturated rings. The molecule has 3 heterocycles. The highest BCUT2D eigenvalue weighted by atomic mass is 19.2. The number of benzene rings is 2. The average Bonchev–Trinajstić information content (AvgIpc) is 3.13. The standard InChI is InChI=1S/C24H20F3N5O/c1-12-11-28-20-10-14(4-5-19(20)29-12)24(33)32-7-6-16-22(13(32)2)30-31(3)23(16)15-8-17(25)21(27)18(26)9-15/h4-5,8-11,13H,6-7H2,1-3H3/t13-/m0/s1. The number of carbonyl (C=O) groups excluding carboxylic acids is 1. The highest BCUT2D eigenvalue weighted by Gasteiger charge is 2.33. The molecular formula is C24H20F3N5O. The largest absolute Gasteiger partial charge is 0.330 e. The van der Waals surface area contributed by atoms with Gasteiger partial charge in [0.05, 0.1) is 34.2 Å². The Morgan fingerprint density at radius 2 is 1.82 bits per heavy atom. The van der Waals surface area contributed by atoms with Gasteiger partial charge in [0, 0.05) is 36.5 Å². The number of fused-ring (bicyclic) bond motifs is 2. The molecule has 4 aromatic rings. The van der Waals surface area contributed by atoms with Crippen molar-refractivity contribution >= 4 is 16.9 Å². The minimum absolute atomic E-state index is 0.163. The molecule has 0 radical (unpaired) electrons. The van der Waals surface area contributed by atoms with E-state index in [1.165, 1.54) is 4.68 Å². The first kappa shape index (κ1) is 21.1. The second-order valence-corrected chi connectivity index (χ2v) is 8.23. The predicted molar refractivity (Wildman–Crippen MR) is 116 cm³/mol. The second kappa shape index (κ2) is 7.68. The minimum atomic E-state index is -1.50. The number of nitrogens with zero attached hydrogens (tertiary/aromatic N) is 5. The Balaban J connectivity index is 1.50. The van der Waals surface area contributed by atoms with Crippen LogP contribution in [0.25, 0.3) is 22.3 Å². The summed E-state index contributed by atoms with van der Waals surface area (Å²) in [5.74, 6) is -4.18. The summed E-state index contributed by atoms with van der Waals surface area (Å²) in [7, 11) is 1.66. The van der Waals surface area contributed by atoms with Crippen molar-refractivity contribution in [1.82, 2.24) is 24.6 Å². The maximum atomic E-state index is 13.9. The van der Waals surface area contributed by atoms with Crippen molar-refractivity contribution < 1.29 is 18.0 Å². The monoisotopic (exact) mass is 451 g/mol. The molecule has 0 N–H and O–H groups in total. The Hall–Kier alpha value is -3.75. The molecule has 5 rings (SSSR count). The van der Waals surface area contributed by atoms with Crippen LogP contribution >= 0.6 is 0 Å². The van der Waals surface area contributed by atoms with Gasteiger partial charge in [-0.2, -0.15) is 5.10 Å². The number of hydrogen-bond donors (Lipinski definition) is 0. The van der Waals surface area contributed by atoms with E-state index in [1.807, 2.05) is 13.8 Å². The van der Waals surface area contributed by atoms with E-state index >= 15 is 0 Å². The summed E-state index contributed by atoms with van der Waals surface area (Å²) in [5.41, 5.74) is 4.80. The fourth-order valence-corrected chi connectivity index (χ4v) is 4.48. The van der Waals surface area contributed by atoms with Gasteiger partial charge in [-0.3, -0.25) is 14.5 Å². The van der Waals surface area contributed by atoms with Gasteiger partial charge >= 0.3 is 0 Å². The lowest BCUT2D eigenvalue weighted by Gasteiger charge is -2.33. The Morgan fingerprint density at radius 3 is 2.55 bits per heavy atom. The van der Waals surface area contributed by atoms with Crippen molar-refractivity contribution in [1.29, 1.82) is 0 Å². The van der Waals surface area contributed by atoms with Crippen LogP contribution in [0.15, 0.2) is 36.5 Å². The van der Waals surface area contributed by atoms with Crippen LogP contribution < -0.4 is 0 Å². The van der Waals surface area contributed by atoms with E-state index in [0.717, 1.165) is 23.4 Å². The Bertz CT molecular complexity index is 1410. The molecule has 0 bridgehead atoms. The van der Waals surface area contributed by atoms with E-state index in [2.05, 4.69) is 15.1 Å². The van der Waals surface area contributed by atoms with Gasteiger partial charge in [-0.15, -0.1) is 0 Å². The molecule has 6 nitrogen and oxygen atoms in total. The third-order valence-electron chi connectivity index (χ3n) is 6.07. The summed E-state index contributed by atoms with van der Waals surface area (Å²) in [6.45, 7) is 4.12. The van der Waals surface area contributed by atoms with Crippen molar-refractivity contribution in [2.24, 2.45) is 7.05 Å². The van der Waals surface area contributed by atoms with Crippen LogP contribution in [0.1, 0.15) is 40.3 Å². The number of hydrogen-bond acceptors (Lipinski definition) is 4.